The van der Waals surface area contributed by atoms with Crippen molar-refractivity contribution in [2.45, 2.75) is 20.3 Å². The summed E-state index contributed by atoms with van der Waals surface area (Å²) in [5, 5.41) is 1.00. The van der Waals surface area contributed by atoms with Crippen molar-refractivity contribution in [2.75, 3.05) is 5.33 Å². The maximum atomic E-state index is 12.7. The average molecular weight is 259 g/mol. The minimum atomic E-state index is -0.159. The lowest BCUT2D eigenvalue weighted by Crippen LogP contribution is -2.13. The van der Waals surface area contributed by atoms with E-state index in [9.17, 15) is 4.39 Å². The van der Waals surface area contributed by atoms with Crippen molar-refractivity contribution in [3.8, 4) is 0 Å². The maximum Gasteiger partial charge on any atom is 0.123 e. The highest BCUT2D eigenvalue weighted by Gasteiger charge is 2.12. The van der Waals surface area contributed by atoms with Crippen LogP contribution < -0.4 is 0 Å². The molecule has 1 aromatic carbocycles. The quantitative estimate of drug-likeness (QED) is 0.716. The topological polar surface area (TPSA) is 0 Å². The molecule has 0 aliphatic rings. The summed E-state index contributed by atoms with van der Waals surface area (Å²) in [6, 6.07) is 6.79. The Labute approximate surface area is 93.7 Å². The van der Waals surface area contributed by atoms with Gasteiger partial charge in [0.2, 0.25) is 0 Å². The Kier molecular flexibility index (Phi) is 4.59. The molecule has 78 valence electrons. The van der Waals surface area contributed by atoms with Crippen LogP contribution in [0.3, 0.4) is 0 Å². The molecule has 1 rings (SSSR count). The standard InChI is InChI=1S/C12H16BrF/c1-9(2)11(8-13)7-10-3-5-12(14)6-4-10/h3-6,9,11H,7-8H2,1-2H3. The Balaban J connectivity index is 2.63. The Bertz CT molecular complexity index is 266. The van der Waals surface area contributed by atoms with Crippen molar-refractivity contribution in [1.29, 1.82) is 0 Å². The Morgan fingerprint density at radius 3 is 2.21 bits per heavy atom. The minimum Gasteiger partial charge on any atom is -0.207 e. The molecule has 0 bridgehead atoms. The fraction of sp³-hybridized carbons (Fsp3) is 0.500. The number of alkyl halides is 1. The van der Waals surface area contributed by atoms with E-state index in [1.54, 1.807) is 0 Å². The summed E-state index contributed by atoms with van der Waals surface area (Å²) in [5.41, 5.74) is 1.21. The van der Waals surface area contributed by atoms with E-state index in [1.807, 2.05) is 12.1 Å². The molecule has 0 aliphatic carbocycles. The van der Waals surface area contributed by atoms with Crippen LogP contribution in [0.15, 0.2) is 24.3 Å². The summed E-state index contributed by atoms with van der Waals surface area (Å²) >= 11 is 3.51. The predicted molar refractivity (Wildman–Crippen MR) is 62.2 cm³/mol. The first-order valence-electron chi connectivity index (χ1n) is 4.94. The van der Waals surface area contributed by atoms with Gasteiger partial charge in [-0.05, 0) is 36.0 Å². The fourth-order valence-corrected chi connectivity index (χ4v) is 2.37. The van der Waals surface area contributed by atoms with Crippen LogP contribution in [0.1, 0.15) is 19.4 Å². The molecule has 0 saturated heterocycles. The fourth-order valence-electron chi connectivity index (χ4n) is 1.39. The summed E-state index contributed by atoms with van der Waals surface area (Å²) < 4.78 is 12.7. The van der Waals surface area contributed by atoms with Gasteiger partial charge in [0, 0.05) is 5.33 Å². The summed E-state index contributed by atoms with van der Waals surface area (Å²) in [4.78, 5) is 0. The lowest BCUT2D eigenvalue weighted by Gasteiger charge is -2.17. The second kappa shape index (κ2) is 5.50. The van der Waals surface area contributed by atoms with Crippen LogP contribution in [-0.2, 0) is 6.42 Å². The van der Waals surface area contributed by atoms with Crippen LogP contribution in [-0.4, -0.2) is 5.33 Å². The molecule has 0 N–H and O–H groups in total. The first kappa shape index (κ1) is 11.7. The van der Waals surface area contributed by atoms with Crippen molar-refractivity contribution in [3.63, 3.8) is 0 Å². The molecular weight excluding hydrogens is 243 g/mol. The molecule has 0 aliphatic heterocycles. The van der Waals surface area contributed by atoms with Gasteiger partial charge in [0.15, 0.2) is 0 Å². The highest BCUT2D eigenvalue weighted by molar-refractivity contribution is 9.09. The molecule has 0 saturated carbocycles. The Hall–Kier alpha value is -0.370. The molecule has 0 fully saturated rings. The Morgan fingerprint density at radius 2 is 1.79 bits per heavy atom. The van der Waals surface area contributed by atoms with Crippen molar-refractivity contribution in [1.82, 2.24) is 0 Å². The van der Waals surface area contributed by atoms with Gasteiger partial charge in [-0.1, -0.05) is 41.9 Å². The number of hydrogen-bond donors (Lipinski definition) is 0. The first-order chi connectivity index (χ1) is 6.63. The monoisotopic (exact) mass is 258 g/mol. The van der Waals surface area contributed by atoms with Gasteiger partial charge in [-0.3, -0.25) is 0 Å². The third kappa shape index (κ3) is 3.41. The summed E-state index contributed by atoms with van der Waals surface area (Å²) in [7, 11) is 0. The normalized spacial score (nSPS) is 13.2. The van der Waals surface area contributed by atoms with Crippen LogP contribution in [0.2, 0.25) is 0 Å². The van der Waals surface area contributed by atoms with Gasteiger partial charge in [-0.15, -0.1) is 0 Å². The molecule has 0 heterocycles. The molecule has 2 heteroatoms. The SMILES string of the molecule is CC(C)C(CBr)Cc1ccc(F)cc1. The lowest BCUT2D eigenvalue weighted by molar-refractivity contribution is 0.427. The van der Waals surface area contributed by atoms with Crippen molar-refractivity contribution >= 4 is 15.9 Å². The van der Waals surface area contributed by atoms with E-state index in [1.165, 1.54) is 17.7 Å². The average Bonchev–Trinajstić information content (AvgIpc) is 2.16. The van der Waals surface area contributed by atoms with E-state index in [0.717, 1.165) is 11.8 Å². The van der Waals surface area contributed by atoms with E-state index in [-0.39, 0.29) is 5.82 Å². The molecule has 1 aromatic rings. The van der Waals surface area contributed by atoms with E-state index in [0.29, 0.717) is 11.8 Å². The van der Waals surface area contributed by atoms with Crippen LogP contribution in [0.5, 0.6) is 0 Å². The molecule has 1 unspecified atom stereocenters. The van der Waals surface area contributed by atoms with Crippen LogP contribution in [0.25, 0.3) is 0 Å². The third-order valence-electron chi connectivity index (χ3n) is 2.55. The molecule has 0 spiro atoms. The van der Waals surface area contributed by atoms with Gasteiger partial charge in [-0.2, -0.15) is 0 Å². The van der Waals surface area contributed by atoms with Crippen LogP contribution >= 0.6 is 15.9 Å². The number of benzene rings is 1. The number of hydrogen-bond acceptors (Lipinski definition) is 0. The first-order valence-corrected chi connectivity index (χ1v) is 6.06. The van der Waals surface area contributed by atoms with Crippen molar-refractivity contribution in [3.05, 3.63) is 35.6 Å². The van der Waals surface area contributed by atoms with E-state index < -0.39 is 0 Å². The van der Waals surface area contributed by atoms with E-state index >= 15 is 0 Å². The van der Waals surface area contributed by atoms with Gasteiger partial charge < -0.3 is 0 Å². The van der Waals surface area contributed by atoms with Gasteiger partial charge in [0.1, 0.15) is 5.82 Å². The largest absolute Gasteiger partial charge is 0.207 e. The highest BCUT2D eigenvalue weighted by atomic mass is 79.9. The van der Waals surface area contributed by atoms with Crippen molar-refractivity contribution in [2.24, 2.45) is 11.8 Å². The molecule has 0 radical (unpaired) electrons. The second-order valence-corrected chi connectivity index (χ2v) is 4.64. The van der Waals surface area contributed by atoms with E-state index in [4.69, 9.17) is 0 Å². The highest BCUT2D eigenvalue weighted by Crippen LogP contribution is 2.19. The zero-order valence-corrected chi connectivity index (χ0v) is 10.2. The maximum absolute atomic E-state index is 12.7. The van der Waals surface area contributed by atoms with Gasteiger partial charge in [-0.25, -0.2) is 4.39 Å². The summed E-state index contributed by atoms with van der Waals surface area (Å²) in [5.74, 6) is 1.12. The summed E-state index contributed by atoms with van der Waals surface area (Å²) in [6.07, 6.45) is 1.02. The van der Waals surface area contributed by atoms with Gasteiger partial charge in [0.25, 0.3) is 0 Å². The number of rotatable bonds is 4. The van der Waals surface area contributed by atoms with Crippen LogP contribution in [0.4, 0.5) is 4.39 Å². The smallest absolute Gasteiger partial charge is 0.123 e. The van der Waals surface area contributed by atoms with Crippen molar-refractivity contribution < 1.29 is 4.39 Å². The molecule has 1 atom stereocenters. The molecule has 0 amide bonds. The minimum absolute atomic E-state index is 0.159. The number of halogens is 2. The molecular formula is C12H16BrF. The molecule has 0 nitrogen and oxygen atoms in total. The zero-order valence-electron chi connectivity index (χ0n) is 8.63. The Morgan fingerprint density at radius 1 is 1.21 bits per heavy atom. The van der Waals surface area contributed by atoms with Gasteiger partial charge in [0.05, 0.1) is 0 Å². The second-order valence-electron chi connectivity index (χ2n) is 3.99. The zero-order chi connectivity index (χ0) is 10.6. The van der Waals surface area contributed by atoms with E-state index in [2.05, 4.69) is 29.8 Å². The van der Waals surface area contributed by atoms with Gasteiger partial charge >= 0.3 is 0 Å². The third-order valence-corrected chi connectivity index (χ3v) is 3.38. The lowest BCUT2D eigenvalue weighted by atomic mass is 9.91. The van der Waals surface area contributed by atoms with Crippen LogP contribution in [0, 0.1) is 17.7 Å². The molecule has 14 heavy (non-hydrogen) atoms. The predicted octanol–water partition coefficient (Wildman–Crippen LogP) is 4.04. The molecule has 0 aromatic heterocycles. The summed E-state index contributed by atoms with van der Waals surface area (Å²) in [6.45, 7) is 4.44.